The molecular weight excluding hydrogens is 516 g/mol. The lowest BCUT2D eigenvalue weighted by atomic mass is 10.0. The molecule has 3 atom stereocenters. The Bertz CT molecular complexity index is 976. The maximum absolute atomic E-state index is 12.9. The Kier molecular flexibility index (Phi) is 14.5. The normalized spacial score (nSPS) is 13.0. The van der Waals surface area contributed by atoms with Gasteiger partial charge in [0, 0.05) is 12.2 Å². The Balaban J connectivity index is 2.70. The van der Waals surface area contributed by atoms with E-state index in [9.17, 15) is 33.9 Å². The quantitative estimate of drug-likeness (QED) is 0.107. The van der Waals surface area contributed by atoms with Crippen molar-refractivity contribution in [3.05, 3.63) is 35.9 Å². The van der Waals surface area contributed by atoms with E-state index in [2.05, 4.69) is 39.2 Å². The second-order valence-corrected chi connectivity index (χ2v) is 9.21. The van der Waals surface area contributed by atoms with Crippen LogP contribution in [0.15, 0.2) is 30.3 Å². The van der Waals surface area contributed by atoms with Crippen molar-refractivity contribution in [1.29, 1.82) is 0 Å². The summed E-state index contributed by atoms with van der Waals surface area (Å²) in [4.78, 5) is 72.6. The van der Waals surface area contributed by atoms with Crippen LogP contribution in [0.4, 0.5) is 0 Å². The summed E-state index contributed by atoms with van der Waals surface area (Å²) in [7, 11) is 0. The summed E-state index contributed by atoms with van der Waals surface area (Å²) in [6.45, 7) is 2.49. The zero-order valence-corrected chi connectivity index (χ0v) is 22.3. The van der Waals surface area contributed by atoms with Gasteiger partial charge in [0.25, 0.3) is 0 Å². The van der Waals surface area contributed by atoms with E-state index in [4.69, 9.17) is 5.73 Å². The number of amides is 5. The minimum absolute atomic E-state index is 0.0124. The lowest BCUT2D eigenvalue weighted by Gasteiger charge is -2.23. The zero-order chi connectivity index (χ0) is 28.7. The van der Waals surface area contributed by atoms with E-state index in [1.807, 2.05) is 13.8 Å². The summed E-state index contributed by atoms with van der Waals surface area (Å²) in [6.07, 6.45) is 0.292. The third-order valence-corrected chi connectivity index (χ3v) is 5.51. The summed E-state index contributed by atoms with van der Waals surface area (Å²) < 4.78 is 0. The van der Waals surface area contributed by atoms with Gasteiger partial charge in [-0.2, -0.15) is 12.6 Å². The van der Waals surface area contributed by atoms with E-state index in [1.54, 1.807) is 30.3 Å². The third-order valence-electron chi connectivity index (χ3n) is 5.15. The zero-order valence-electron chi connectivity index (χ0n) is 21.4. The number of hydrogen-bond acceptors (Lipinski definition) is 8. The lowest BCUT2D eigenvalue weighted by molar-refractivity contribution is -0.142. The molecule has 8 N–H and O–H groups in total. The van der Waals surface area contributed by atoms with Crippen LogP contribution in [0, 0.1) is 5.92 Å². The fraction of sp³-hybridized carbons (Fsp3) is 0.500. The Morgan fingerprint density at radius 2 is 1.39 bits per heavy atom. The van der Waals surface area contributed by atoms with Gasteiger partial charge in [0.1, 0.15) is 18.1 Å². The molecule has 0 aliphatic rings. The van der Waals surface area contributed by atoms with Crippen LogP contribution < -0.4 is 32.3 Å². The molecule has 0 bridgehead atoms. The Labute approximate surface area is 226 Å². The van der Waals surface area contributed by atoms with E-state index in [0.717, 1.165) is 5.56 Å². The SMILES string of the molecule is CC(C)C[C@H](NC(=O)CNC(=O)[C@H](CS)NC(=O)CNC(=O)CN)C(=O)N[C@@H](Cc1ccccc1)C(=O)O. The van der Waals surface area contributed by atoms with Gasteiger partial charge in [-0.05, 0) is 17.9 Å². The maximum atomic E-state index is 12.9. The molecular formula is C24H36N6O7S. The van der Waals surface area contributed by atoms with Gasteiger partial charge in [0.15, 0.2) is 0 Å². The fourth-order valence-electron chi connectivity index (χ4n) is 3.25. The van der Waals surface area contributed by atoms with E-state index in [0.29, 0.717) is 0 Å². The molecule has 38 heavy (non-hydrogen) atoms. The van der Waals surface area contributed by atoms with Gasteiger partial charge >= 0.3 is 5.97 Å². The standard InChI is InChI=1S/C24H36N6O7S/c1-14(2)8-16(23(35)30-17(24(36)37)9-15-6-4-3-5-7-15)28-21(33)12-27-22(34)18(13-38)29-20(32)11-26-19(31)10-25/h3-7,14,16-18,38H,8-13,25H2,1-2H3,(H,26,31)(H,27,34)(H,28,33)(H,29,32)(H,30,35)(H,36,37)/t16-,17-,18-/m0/s1. The van der Waals surface area contributed by atoms with E-state index >= 15 is 0 Å². The van der Waals surface area contributed by atoms with Gasteiger partial charge in [-0.3, -0.25) is 24.0 Å². The van der Waals surface area contributed by atoms with Crippen LogP contribution in [0.25, 0.3) is 0 Å². The molecule has 14 heteroatoms. The molecule has 13 nitrogen and oxygen atoms in total. The number of nitrogens with two attached hydrogens (primary N) is 1. The molecule has 0 unspecified atom stereocenters. The monoisotopic (exact) mass is 552 g/mol. The first kappa shape index (κ1) is 32.4. The molecule has 0 aromatic heterocycles. The topological polar surface area (TPSA) is 209 Å². The molecule has 0 radical (unpaired) electrons. The Morgan fingerprint density at radius 3 is 1.92 bits per heavy atom. The Hall–Kier alpha value is -3.65. The number of hydrogen-bond donors (Lipinski definition) is 8. The second kappa shape index (κ2) is 17.0. The highest BCUT2D eigenvalue weighted by Crippen LogP contribution is 2.08. The predicted octanol–water partition coefficient (Wildman–Crippen LogP) is -2.06. The molecule has 0 saturated heterocycles. The fourth-order valence-corrected chi connectivity index (χ4v) is 3.51. The van der Waals surface area contributed by atoms with E-state index in [1.165, 1.54) is 0 Å². The maximum Gasteiger partial charge on any atom is 0.326 e. The number of thiol groups is 1. The smallest absolute Gasteiger partial charge is 0.326 e. The van der Waals surface area contributed by atoms with Crippen molar-refractivity contribution in [2.24, 2.45) is 11.7 Å². The van der Waals surface area contributed by atoms with Gasteiger partial charge in [-0.25, -0.2) is 4.79 Å². The Morgan fingerprint density at radius 1 is 0.816 bits per heavy atom. The van der Waals surface area contributed by atoms with E-state index < -0.39 is 60.2 Å². The van der Waals surface area contributed by atoms with Crippen molar-refractivity contribution in [3.63, 3.8) is 0 Å². The first-order valence-electron chi connectivity index (χ1n) is 12.0. The number of carboxylic acid groups (broad SMARTS) is 1. The first-order chi connectivity index (χ1) is 18.0. The minimum atomic E-state index is -1.22. The van der Waals surface area contributed by atoms with Crippen LogP contribution in [-0.2, 0) is 35.2 Å². The van der Waals surface area contributed by atoms with Crippen LogP contribution in [0.1, 0.15) is 25.8 Å². The van der Waals surface area contributed by atoms with Gasteiger partial charge in [0.2, 0.25) is 29.5 Å². The predicted molar refractivity (Wildman–Crippen MR) is 142 cm³/mol. The number of aliphatic carboxylic acids is 1. The number of carbonyl (C=O) groups excluding carboxylic acids is 5. The number of carboxylic acids is 1. The lowest BCUT2D eigenvalue weighted by Crippen LogP contribution is -2.55. The molecule has 1 aromatic carbocycles. The summed E-state index contributed by atoms with van der Waals surface area (Å²) in [5, 5.41) is 21.6. The summed E-state index contributed by atoms with van der Waals surface area (Å²) in [5.41, 5.74) is 5.86. The highest BCUT2D eigenvalue weighted by Gasteiger charge is 2.28. The van der Waals surface area contributed by atoms with Crippen molar-refractivity contribution in [3.8, 4) is 0 Å². The molecule has 0 aliphatic carbocycles. The van der Waals surface area contributed by atoms with Crippen LogP contribution in [0.3, 0.4) is 0 Å². The first-order valence-corrected chi connectivity index (χ1v) is 12.6. The highest BCUT2D eigenvalue weighted by atomic mass is 32.1. The molecule has 0 aliphatic heterocycles. The van der Waals surface area contributed by atoms with Crippen LogP contribution >= 0.6 is 12.6 Å². The van der Waals surface area contributed by atoms with Crippen LogP contribution in [0.2, 0.25) is 0 Å². The third kappa shape index (κ3) is 12.5. The van der Waals surface area contributed by atoms with Gasteiger partial charge in [-0.1, -0.05) is 44.2 Å². The van der Waals surface area contributed by atoms with Gasteiger partial charge < -0.3 is 37.4 Å². The molecule has 1 aromatic rings. The molecule has 210 valence electrons. The van der Waals surface area contributed by atoms with Crippen molar-refractivity contribution >= 4 is 48.1 Å². The van der Waals surface area contributed by atoms with Crippen LogP contribution in [-0.4, -0.2) is 84.1 Å². The molecule has 0 fully saturated rings. The van der Waals surface area contributed by atoms with Crippen molar-refractivity contribution in [2.45, 2.75) is 44.8 Å². The van der Waals surface area contributed by atoms with Crippen molar-refractivity contribution < 1.29 is 33.9 Å². The molecule has 1 rings (SSSR count). The summed E-state index contributed by atoms with van der Waals surface area (Å²) >= 11 is 4.02. The molecule has 0 heterocycles. The number of benzene rings is 1. The van der Waals surface area contributed by atoms with Crippen molar-refractivity contribution in [2.75, 3.05) is 25.4 Å². The van der Waals surface area contributed by atoms with E-state index in [-0.39, 0.29) is 37.6 Å². The summed E-state index contributed by atoms with van der Waals surface area (Å²) in [6, 6.07) is 5.47. The molecule has 0 spiro atoms. The number of carbonyl (C=O) groups is 6. The largest absolute Gasteiger partial charge is 0.480 e. The number of nitrogens with one attached hydrogen (secondary N) is 5. The number of rotatable bonds is 16. The average Bonchev–Trinajstić information content (AvgIpc) is 2.88. The van der Waals surface area contributed by atoms with Gasteiger partial charge in [0.05, 0.1) is 19.6 Å². The second-order valence-electron chi connectivity index (χ2n) is 8.84. The minimum Gasteiger partial charge on any atom is -0.480 e. The van der Waals surface area contributed by atoms with Crippen LogP contribution in [0.5, 0.6) is 0 Å². The van der Waals surface area contributed by atoms with Gasteiger partial charge in [-0.15, -0.1) is 0 Å². The average molecular weight is 553 g/mol. The summed E-state index contributed by atoms with van der Waals surface area (Å²) in [5.74, 6) is -4.56. The highest BCUT2D eigenvalue weighted by molar-refractivity contribution is 7.80. The molecule has 0 saturated carbocycles. The molecule has 5 amide bonds. The van der Waals surface area contributed by atoms with Crippen molar-refractivity contribution in [1.82, 2.24) is 26.6 Å².